The van der Waals surface area contributed by atoms with Gasteiger partial charge in [-0.25, -0.2) is 14.4 Å². The van der Waals surface area contributed by atoms with E-state index in [1.807, 2.05) is 22.8 Å². The van der Waals surface area contributed by atoms with E-state index in [0.717, 1.165) is 15.8 Å². The van der Waals surface area contributed by atoms with Gasteiger partial charge in [-0.1, -0.05) is 12.1 Å². The highest BCUT2D eigenvalue weighted by Gasteiger charge is 2.23. The summed E-state index contributed by atoms with van der Waals surface area (Å²) in [5.41, 5.74) is 1.74. The third-order valence-electron chi connectivity index (χ3n) is 5.20. The number of para-hydroxylation sites is 1. The summed E-state index contributed by atoms with van der Waals surface area (Å²) in [4.78, 5) is 27.2. The molecule has 0 aliphatic carbocycles. The molecule has 1 N–H and O–H groups in total. The lowest BCUT2D eigenvalue weighted by Crippen LogP contribution is -2.50. The van der Waals surface area contributed by atoms with E-state index in [1.165, 1.54) is 17.3 Å². The first-order valence-corrected chi connectivity index (χ1v) is 10.1. The number of rotatable bonds is 4. The molecule has 0 bridgehead atoms. The summed E-state index contributed by atoms with van der Waals surface area (Å²) in [7, 11) is 0. The summed E-state index contributed by atoms with van der Waals surface area (Å²) >= 11 is 1.63. The molecule has 0 radical (unpaired) electrons. The fourth-order valence-corrected chi connectivity index (χ4v) is 4.49. The number of carbonyl (C=O) groups is 1. The van der Waals surface area contributed by atoms with E-state index in [9.17, 15) is 9.18 Å². The summed E-state index contributed by atoms with van der Waals surface area (Å²) in [6, 6.07) is 6.76. The van der Waals surface area contributed by atoms with Gasteiger partial charge < -0.3 is 15.1 Å². The van der Waals surface area contributed by atoms with E-state index in [0.29, 0.717) is 37.7 Å². The maximum atomic E-state index is 14.0. The molecule has 1 amide bonds. The van der Waals surface area contributed by atoms with Gasteiger partial charge in [-0.15, -0.1) is 11.3 Å². The van der Waals surface area contributed by atoms with Crippen molar-refractivity contribution in [2.75, 3.05) is 42.9 Å². The van der Waals surface area contributed by atoms with Crippen LogP contribution in [0.5, 0.6) is 0 Å². The fraction of sp³-hybridized carbons (Fsp3) is 0.350. The second kappa shape index (κ2) is 7.71. The standard InChI is InChI=1S/C20H22FN5OS/c1-13-14(2)28-20-18(13)19(23-12-24-20)22-11-17(27)26-9-7-25(8-10-26)16-6-4-3-5-15(16)21/h3-6,12H,7-11H2,1-2H3,(H,22,23,24). The number of aryl methyl sites for hydroxylation is 2. The molecule has 1 aliphatic heterocycles. The molecular formula is C20H22FN5OS. The normalized spacial score (nSPS) is 14.5. The molecule has 3 heterocycles. The van der Waals surface area contributed by atoms with Gasteiger partial charge in [0.05, 0.1) is 17.6 Å². The molecule has 1 aromatic carbocycles. The van der Waals surface area contributed by atoms with Crippen LogP contribution in [0.2, 0.25) is 0 Å². The minimum Gasteiger partial charge on any atom is -0.366 e. The van der Waals surface area contributed by atoms with Crippen molar-refractivity contribution >= 4 is 39.0 Å². The van der Waals surface area contributed by atoms with Crippen LogP contribution < -0.4 is 10.2 Å². The van der Waals surface area contributed by atoms with Crippen molar-refractivity contribution in [2.24, 2.45) is 0 Å². The molecule has 4 rings (SSSR count). The number of carbonyl (C=O) groups excluding carboxylic acids is 1. The zero-order valence-electron chi connectivity index (χ0n) is 15.9. The van der Waals surface area contributed by atoms with Gasteiger partial charge in [0.1, 0.15) is 22.8 Å². The van der Waals surface area contributed by atoms with Crippen molar-refractivity contribution in [2.45, 2.75) is 13.8 Å². The summed E-state index contributed by atoms with van der Waals surface area (Å²) in [6.07, 6.45) is 1.53. The number of thiophene rings is 1. The molecule has 146 valence electrons. The quantitative estimate of drug-likeness (QED) is 0.730. The highest BCUT2D eigenvalue weighted by atomic mass is 32.1. The largest absolute Gasteiger partial charge is 0.366 e. The smallest absolute Gasteiger partial charge is 0.242 e. The minimum absolute atomic E-state index is 0.0181. The van der Waals surface area contributed by atoms with Gasteiger partial charge in [0.15, 0.2) is 0 Å². The average Bonchev–Trinajstić information content (AvgIpc) is 3.01. The van der Waals surface area contributed by atoms with Crippen molar-refractivity contribution < 1.29 is 9.18 Å². The van der Waals surface area contributed by atoms with E-state index in [4.69, 9.17) is 0 Å². The van der Waals surface area contributed by atoms with Gasteiger partial charge in [0.2, 0.25) is 5.91 Å². The minimum atomic E-state index is -0.224. The molecule has 0 unspecified atom stereocenters. The van der Waals surface area contributed by atoms with Gasteiger partial charge in [-0.05, 0) is 31.5 Å². The summed E-state index contributed by atoms with van der Waals surface area (Å²) < 4.78 is 14.0. The number of nitrogens with one attached hydrogen (secondary N) is 1. The maximum absolute atomic E-state index is 14.0. The molecule has 0 saturated carbocycles. The van der Waals surface area contributed by atoms with E-state index < -0.39 is 0 Å². The van der Waals surface area contributed by atoms with Crippen LogP contribution in [0.4, 0.5) is 15.9 Å². The van der Waals surface area contributed by atoms with Crippen molar-refractivity contribution in [3.05, 3.63) is 46.9 Å². The number of amides is 1. The Bertz CT molecular complexity index is 1010. The van der Waals surface area contributed by atoms with Crippen LogP contribution >= 0.6 is 11.3 Å². The highest BCUT2D eigenvalue weighted by molar-refractivity contribution is 7.18. The number of hydrogen-bond acceptors (Lipinski definition) is 6. The summed E-state index contributed by atoms with van der Waals surface area (Å²) in [5.74, 6) is 0.493. The second-order valence-electron chi connectivity index (χ2n) is 6.86. The molecular weight excluding hydrogens is 377 g/mol. The average molecular weight is 399 g/mol. The fourth-order valence-electron chi connectivity index (χ4n) is 3.49. The van der Waals surface area contributed by atoms with Crippen LogP contribution in [0.25, 0.3) is 10.2 Å². The van der Waals surface area contributed by atoms with Crippen LogP contribution in [-0.4, -0.2) is 53.5 Å². The molecule has 1 aliphatic rings. The van der Waals surface area contributed by atoms with E-state index >= 15 is 0 Å². The highest BCUT2D eigenvalue weighted by Crippen LogP contribution is 2.32. The zero-order valence-corrected chi connectivity index (χ0v) is 16.7. The maximum Gasteiger partial charge on any atom is 0.242 e. The van der Waals surface area contributed by atoms with Gasteiger partial charge in [-0.2, -0.15) is 0 Å². The third-order valence-corrected chi connectivity index (χ3v) is 6.31. The second-order valence-corrected chi connectivity index (χ2v) is 8.06. The molecule has 2 aromatic heterocycles. The molecule has 1 fully saturated rings. The Kier molecular flexibility index (Phi) is 5.13. The number of aromatic nitrogens is 2. The Balaban J connectivity index is 1.38. The van der Waals surface area contributed by atoms with Gasteiger partial charge >= 0.3 is 0 Å². The Morgan fingerprint density at radius 3 is 2.68 bits per heavy atom. The van der Waals surface area contributed by atoms with Crippen LogP contribution in [0, 0.1) is 19.7 Å². The van der Waals surface area contributed by atoms with Gasteiger partial charge in [0, 0.05) is 31.1 Å². The van der Waals surface area contributed by atoms with Gasteiger partial charge in [-0.3, -0.25) is 4.79 Å². The molecule has 0 atom stereocenters. The lowest BCUT2D eigenvalue weighted by molar-refractivity contribution is -0.129. The molecule has 8 heteroatoms. The van der Waals surface area contributed by atoms with E-state index in [1.54, 1.807) is 23.5 Å². The zero-order chi connectivity index (χ0) is 19.7. The van der Waals surface area contributed by atoms with Crippen LogP contribution in [-0.2, 0) is 4.79 Å². The first-order chi connectivity index (χ1) is 13.5. The lowest BCUT2D eigenvalue weighted by atomic mass is 10.2. The number of anilines is 2. The first kappa shape index (κ1) is 18.6. The van der Waals surface area contributed by atoms with Crippen molar-refractivity contribution in [1.82, 2.24) is 14.9 Å². The van der Waals surface area contributed by atoms with Crippen molar-refractivity contribution in [1.29, 1.82) is 0 Å². The monoisotopic (exact) mass is 399 g/mol. The molecule has 6 nitrogen and oxygen atoms in total. The molecule has 28 heavy (non-hydrogen) atoms. The number of nitrogens with zero attached hydrogens (tertiary/aromatic N) is 4. The van der Waals surface area contributed by atoms with Crippen LogP contribution in [0.1, 0.15) is 10.4 Å². The Labute approximate surface area is 167 Å². The third kappa shape index (κ3) is 3.52. The number of fused-ring (bicyclic) bond motifs is 1. The Morgan fingerprint density at radius 2 is 1.93 bits per heavy atom. The van der Waals surface area contributed by atoms with Crippen LogP contribution in [0.3, 0.4) is 0 Å². The number of halogens is 1. The van der Waals surface area contributed by atoms with Gasteiger partial charge in [0.25, 0.3) is 0 Å². The van der Waals surface area contributed by atoms with E-state index in [-0.39, 0.29) is 18.3 Å². The predicted octanol–water partition coefficient (Wildman–Crippen LogP) is 3.21. The van der Waals surface area contributed by atoms with Crippen molar-refractivity contribution in [3.8, 4) is 0 Å². The SMILES string of the molecule is Cc1sc2ncnc(NCC(=O)N3CCN(c4ccccc4F)CC3)c2c1C. The van der Waals surface area contributed by atoms with E-state index in [2.05, 4.69) is 22.2 Å². The summed E-state index contributed by atoms with van der Waals surface area (Å²) in [6.45, 7) is 6.67. The molecule has 0 spiro atoms. The number of hydrogen-bond donors (Lipinski definition) is 1. The number of benzene rings is 1. The number of piperazine rings is 1. The molecule has 1 saturated heterocycles. The summed E-state index contributed by atoms with van der Waals surface area (Å²) in [5, 5.41) is 4.17. The Hall–Kier alpha value is -2.74. The first-order valence-electron chi connectivity index (χ1n) is 9.26. The Morgan fingerprint density at radius 1 is 1.18 bits per heavy atom. The predicted molar refractivity (Wildman–Crippen MR) is 111 cm³/mol. The van der Waals surface area contributed by atoms with Crippen molar-refractivity contribution in [3.63, 3.8) is 0 Å². The molecule has 3 aromatic rings. The van der Waals surface area contributed by atoms with Crippen LogP contribution in [0.15, 0.2) is 30.6 Å². The topological polar surface area (TPSA) is 61.4 Å². The lowest BCUT2D eigenvalue weighted by Gasteiger charge is -2.36.